The van der Waals surface area contributed by atoms with Crippen molar-refractivity contribution in [3.63, 3.8) is 0 Å². The highest BCUT2D eigenvalue weighted by Crippen LogP contribution is 2.28. The average Bonchev–Trinajstić information content (AvgIpc) is 2.85. The smallest absolute Gasteiger partial charge is 0.270 e. The van der Waals surface area contributed by atoms with Gasteiger partial charge in [0.1, 0.15) is 5.75 Å². The lowest BCUT2D eigenvalue weighted by Gasteiger charge is -2.09. The Hall–Kier alpha value is -3.41. The van der Waals surface area contributed by atoms with Crippen LogP contribution in [0.2, 0.25) is 0 Å². The van der Waals surface area contributed by atoms with Gasteiger partial charge in [-0.25, -0.2) is 4.90 Å². The van der Waals surface area contributed by atoms with Crippen LogP contribution in [0.3, 0.4) is 0 Å². The number of fused-ring (bicyclic) bond motifs is 1. The molecule has 120 valence electrons. The molecule has 3 amide bonds. The zero-order chi connectivity index (χ0) is 17.3. The number of nitrogens with two attached hydrogens (primary N) is 1. The SMILES string of the molecule is COc1ccccc1C=CC(=O)N1C(=O)c2cccc(N)c2C1=O. The first-order valence-electron chi connectivity index (χ1n) is 7.17. The highest BCUT2D eigenvalue weighted by molar-refractivity contribution is 6.32. The van der Waals surface area contributed by atoms with E-state index >= 15 is 0 Å². The van der Waals surface area contributed by atoms with Gasteiger partial charge in [-0.3, -0.25) is 14.4 Å². The highest BCUT2D eigenvalue weighted by atomic mass is 16.5. The summed E-state index contributed by atoms with van der Waals surface area (Å²) in [4.78, 5) is 37.6. The van der Waals surface area contributed by atoms with Gasteiger partial charge in [-0.15, -0.1) is 0 Å². The van der Waals surface area contributed by atoms with Crippen LogP contribution < -0.4 is 10.5 Å². The minimum Gasteiger partial charge on any atom is -0.496 e. The minimum absolute atomic E-state index is 0.0709. The van der Waals surface area contributed by atoms with E-state index < -0.39 is 17.7 Å². The summed E-state index contributed by atoms with van der Waals surface area (Å²) in [6, 6.07) is 11.6. The van der Waals surface area contributed by atoms with E-state index in [-0.39, 0.29) is 16.8 Å². The van der Waals surface area contributed by atoms with Crippen molar-refractivity contribution in [2.75, 3.05) is 12.8 Å². The lowest BCUT2D eigenvalue weighted by Crippen LogP contribution is -2.34. The molecule has 2 aromatic carbocycles. The molecule has 0 radical (unpaired) electrons. The summed E-state index contributed by atoms with van der Waals surface area (Å²) in [5.41, 5.74) is 6.79. The van der Waals surface area contributed by atoms with E-state index in [1.165, 1.54) is 25.3 Å². The van der Waals surface area contributed by atoms with Gasteiger partial charge in [0, 0.05) is 17.3 Å². The first-order chi connectivity index (χ1) is 11.5. The Bertz CT molecular complexity index is 886. The van der Waals surface area contributed by atoms with Gasteiger partial charge in [0.15, 0.2) is 0 Å². The molecule has 0 saturated heterocycles. The zero-order valence-electron chi connectivity index (χ0n) is 12.9. The number of carbonyl (C=O) groups is 3. The van der Waals surface area contributed by atoms with Crippen LogP contribution in [-0.2, 0) is 4.79 Å². The lowest BCUT2D eigenvalue weighted by molar-refractivity contribution is -0.121. The number of carbonyl (C=O) groups excluding carboxylic acids is 3. The third-order valence-electron chi connectivity index (χ3n) is 3.71. The molecular weight excluding hydrogens is 308 g/mol. The molecule has 0 saturated carbocycles. The molecule has 2 N–H and O–H groups in total. The molecule has 1 heterocycles. The monoisotopic (exact) mass is 322 g/mol. The van der Waals surface area contributed by atoms with Gasteiger partial charge in [-0.2, -0.15) is 0 Å². The van der Waals surface area contributed by atoms with Gasteiger partial charge in [0.05, 0.1) is 18.2 Å². The second-order valence-electron chi connectivity index (χ2n) is 5.13. The Morgan fingerprint density at radius 2 is 1.83 bits per heavy atom. The molecule has 1 aliphatic heterocycles. The summed E-state index contributed by atoms with van der Waals surface area (Å²) in [5, 5.41) is 0. The van der Waals surface area contributed by atoms with Crippen LogP contribution in [0.1, 0.15) is 26.3 Å². The van der Waals surface area contributed by atoms with Crippen LogP contribution in [0.4, 0.5) is 5.69 Å². The number of hydrogen-bond acceptors (Lipinski definition) is 5. The molecule has 0 unspecified atom stereocenters. The van der Waals surface area contributed by atoms with Crippen molar-refractivity contribution >= 4 is 29.5 Å². The van der Waals surface area contributed by atoms with Crippen molar-refractivity contribution in [3.05, 3.63) is 65.2 Å². The minimum atomic E-state index is -0.730. The van der Waals surface area contributed by atoms with Gasteiger partial charge >= 0.3 is 0 Å². The largest absolute Gasteiger partial charge is 0.496 e. The van der Waals surface area contributed by atoms with Crippen LogP contribution in [-0.4, -0.2) is 29.7 Å². The van der Waals surface area contributed by atoms with Gasteiger partial charge in [0.25, 0.3) is 17.7 Å². The Balaban J connectivity index is 1.89. The summed E-state index contributed by atoms with van der Waals surface area (Å²) in [7, 11) is 1.52. The molecular formula is C18H14N2O4. The van der Waals surface area contributed by atoms with Crippen molar-refractivity contribution in [1.82, 2.24) is 4.90 Å². The van der Waals surface area contributed by atoms with Crippen molar-refractivity contribution < 1.29 is 19.1 Å². The first kappa shape index (κ1) is 15.5. The Labute approximate surface area is 138 Å². The van der Waals surface area contributed by atoms with Crippen molar-refractivity contribution in [2.45, 2.75) is 0 Å². The molecule has 3 rings (SSSR count). The zero-order valence-corrected chi connectivity index (χ0v) is 12.9. The number of anilines is 1. The van der Waals surface area contributed by atoms with E-state index in [0.717, 1.165) is 6.08 Å². The predicted molar refractivity (Wildman–Crippen MR) is 88.4 cm³/mol. The summed E-state index contributed by atoms with van der Waals surface area (Å²) in [6.45, 7) is 0. The van der Waals surface area contributed by atoms with Crippen LogP contribution in [0.25, 0.3) is 6.08 Å². The van der Waals surface area contributed by atoms with Crippen molar-refractivity contribution in [3.8, 4) is 5.75 Å². The molecule has 6 heteroatoms. The van der Waals surface area contributed by atoms with E-state index in [0.29, 0.717) is 16.2 Å². The molecule has 0 fully saturated rings. The number of imide groups is 3. The summed E-state index contributed by atoms with van der Waals surface area (Å²) < 4.78 is 5.19. The molecule has 0 aliphatic carbocycles. The summed E-state index contributed by atoms with van der Waals surface area (Å²) in [5.74, 6) is -1.53. The van der Waals surface area contributed by atoms with Crippen LogP contribution in [0, 0.1) is 0 Å². The maximum absolute atomic E-state index is 12.3. The van der Waals surface area contributed by atoms with Crippen LogP contribution >= 0.6 is 0 Å². The van der Waals surface area contributed by atoms with Gasteiger partial charge < -0.3 is 10.5 Å². The van der Waals surface area contributed by atoms with Gasteiger partial charge in [-0.05, 0) is 24.3 Å². The standard InChI is InChI=1S/C18H14N2O4/c1-24-14-8-3-2-5-11(14)9-10-15(21)20-17(22)12-6-4-7-13(19)16(12)18(20)23/h2-10H,19H2,1H3. The maximum atomic E-state index is 12.3. The molecule has 6 nitrogen and oxygen atoms in total. The molecule has 24 heavy (non-hydrogen) atoms. The number of methoxy groups -OCH3 is 1. The topological polar surface area (TPSA) is 89.7 Å². The second kappa shape index (κ2) is 6.00. The fourth-order valence-electron chi connectivity index (χ4n) is 2.55. The third kappa shape index (κ3) is 2.44. The Morgan fingerprint density at radius 1 is 1.08 bits per heavy atom. The van der Waals surface area contributed by atoms with E-state index in [1.54, 1.807) is 30.3 Å². The van der Waals surface area contributed by atoms with Crippen molar-refractivity contribution in [2.24, 2.45) is 0 Å². The number of hydrogen-bond donors (Lipinski definition) is 1. The highest BCUT2D eigenvalue weighted by Gasteiger charge is 2.40. The molecule has 2 aromatic rings. The second-order valence-corrected chi connectivity index (χ2v) is 5.13. The lowest BCUT2D eigenvalue weighted by atomic mass is 10.1. The first-order valence-corrected chi connectivity index (χ1v) is 7.17. The van der Waals surface area contributed by atoms with E-state index in [2.05, 4.69) is 0 Å². The summed E-state index contributed by atoms with van der Waals surface area (Å²) >= 11 is 0. The normalized spacial score (nSPS) is 13.5. The molecule has 0 atom stereocenters. The van der Waals surface area contributed by atoms with E-state index in [9.17, 15) is 14.4 Å². The van der Waals surface area contributed by atoms with Crippen LogP contribution in [0.15, 0.2) is 48.5 Å². The number of amides is 3. The number of nitrogens with zero attached hydrogens (tertiary/aromatic N) is 1. The Morgan fingerprint density at radius 3 is 2.54 bits per heavy atom. The number of nitrogen functional groups attached to an aromatic ring is 1. The number of ether oxygens (including phenoxy) is 1. The molecule has 0 aromatic heterocycles. The van der Waals surface area contributed by atoms with E-state index in [4.69, 9.17) is 10.5 Å². The number of rotatable bonds is 3. The number of para-hydroxylation sites is 1. The molecule has 1 aliphatic rings. The predicted octanol–water partition coefficient (Wildman–Crippen LogP) is 2.11. The average molecular weight is 322 g/mol. The summed E-state index contributed by atoms with van der Waals surface area (Å²) in [6.07, 6.45) is 2.66. The quantitative estimate of drug-likeness (QED) is 0.531. The van der Waals surface area contributed by atoms with E-state index in [1.807, 2.05) is 0 Å². The molecule has 0 spiro atoms. The fourth-order valence-corrected chi connectivity index (χ4v) is 2.55. The fraction of sp³-hybridized carbons (Fsp3) is 0.0556. The van der Waals surface area contributed by atoms with Gasteiger partial charge in [0.2, 0.25) is 0 Å². The number of benzene rings is 2. The Kier molecular flexibility index (Phi) is 3.87. The van der Waals surface area contributed by atoms with Gasteiger partial charge in [-0.1, -0.05) is 24.3 Å². The molecule has 0 bridgehead atoms. The van der Waals surface area contributed by atoms with Crippen LogP contribution in [0.5, 0.6) is 5.75 Å². The maximum Gasteiger partial charge on any atom is 0.270 e. The van der Waals surface area contributed by atoms with Crippen molar-refractivity contribution in [1.29, 1.82) is 0 Å². The third-order valence-corrected chi connectivity index (χ3v) is 3.71.